The predicted molar refractivity (Wildman–Crippen MR) is 126 cm³/mol. The maximum atomic E-state index is 13.6. The number of fused-ring (bicyclic) bond motifs is 1. The number of amides is 1. The van der Waals surface area contributed by atoms with Gasteiger partial charge in [0.15, 0.2) is 22.9 Å². The maximum Gasteiger partial charge on any atom is 0.290 e. The van der Waals surface area contributed by atoms with Crippen LogP contribution >= 0.6 is 22.9 Å². The summed E-state index contributed by atoms with van der Waals surface area (Å²) in [4.78, 5) is 28.8. The lowest BCUT2D eigenvalue weighted by molar-refractivity contribution is -0.130. The van der Waals surface area contributed by atoms with Crippen molar-refractivity contribution in [3.63, 3.8) is 0 Å². The molecule has 1 unspecified atom stereocenters. The highest BCUT2D eigenvalue weighted by atomic mass is 35.5. The topological polar surface area (TPSA) is 80.0 Å². The third kappa shape index (κ3) is 3.74. The first-order valence-electron chi connectivity index (χ1n) is 10.2. The van der Waals surface area contributed by atoms with Crippen LogP contribution in [0, 0.1) is 5.82 Å². The van der Waals surface area contributed by atoms with Crippen molar-refractivity contribution in [2.24, 2.45) is 0 Å². The highest BCUT2D eigenvalue weighted by Gasteiger charge is 2.45. The van der Waals surface area contributed by atoms with Gasteiger partial charge in [-0.05, 0) is 41.3 Å². The van der Waals surface area contributed by atoms with Crippen LogP contribution in [0.15, 0.2) is 75.7 Å². The minimum Gasteiger partial charge on any atom is -0.503 e. The highest BCUT2D eigenvalue weighted by Crippen LogP contribution is 2.42. The molecule has 9 heteroatoms. The van der Waals surface area contributed by atoms with Crippen LogP contribution in [-0.2, 0) is 11.3 Å². The van der Waals surface area contributed by atoms with Crippen LogP contribution in [0.4, 0.5) is 4.39 Å². The number of aliphatic hydroxyl groups is 1. The number of benzene rings is 2. The number of nitrogens with zero attached hydrogens (tertiary/aromatic N) is 1. The SMILES string of the molecule is COc1cc(Cl)cc2cc(C(=O)C3=C(O)C(=O)N(Cc4ccc(F)cc4)C3c3cccs3)oc12. The fourth-order valence-corrected chi connectivity index (χ4v) is 5.12. The average Bonchev–Trinajstić information content (AvgIpc) is 3.55. The zero-order valence-corrected chi connectivity index (χ0v) is 19.3. The van der Waals surface area contributed by atoms with E-state index >= 15 is 0 Å². The van der Waals surface area contributed by atoms with Crippen LogP contribution in [-0.4, -0.2) is 28.8 Å². The summed E-state index contributed by atoms with van der Waals surface area (Å²) >= 11 is 7.48. The molecule has 0 radical (unpaired) electrons. The molecule has 0 aliphatic carbocycles. The third-order valence-electron chi connectivity index (χ3n) is 5.62. The molecule has 0 bridgehead atoms. The Balaban J connectivity index is 1.57. The Hall–Kier alpha value is -3.62. The van der Waals surface area contributed by atoms with Gasteiger partial charge in [0, 0.05) is 27.9 Å². The van der Waals surface area contributed by atoms with Crippen LogP contribution in [0.2, 0.25) is 5.02 Å². The van der Waals surface area contributed by atoms with Gasteiger partial charge in [-0.15, -0.1) is 11.3 Å². The Bertz CT molecular complexity index is 1440. The number of thiophene rings is 1. The molecule has 1 aliphatic heterocycles. The molecule has 6 nitrogen and oxygen atoms in total. The molecule has 34 heavy (non-hydrogen) atoms. The second-order valence-electron chi connectivity index (χ2n) is 7.71. The number of carbonyl (C=O) groups is 2. The Morgan fingerprint density at radius 3 is 2.68 bits per heavy atom. The molecule has 0 saturated heterocycles. The Kier molecular flexibility index (Phi) is 5.63. The van der Waals surface area contributed by atoms with Crippen molar-refractivity contribution in [3.05, 3.63) is 98.4 Å². The molecule has 5 rings (SSSR count). The Morgan fingerprint density at radius 2 is 2.00 bits per heavy atom. The zero-order chi connectivity index (χ0) is 24.0. The van der Waals surface area contributed by atoms with E-state index in [2.05, 4.69) is 0 Å². The molecular weight excluding hydrogens is 481 g/mol. The number of hydrogen-bond donors (Lipinski definition) is 1. The summed E-state index contributed by atoms with van der Waals surface area (Å²) in [5.41, 5.74) is 0.898. The van der Waals surface area contributed by atoms with E-state index in [0.29, 0.717) is 32.2 Å². The third-order valence-corrected chi connectivity index (χ3v) is 6.76. The number of hydrogen-bond acceptors (Lipinski definition) is 6. The average molecular weight is 498 g/mol. The summed E-state index contributed by atoms with van der Waals surface area (Å²) in [6, 6.07) is 13.2. The highest BCUT2D eigenvalue weighted by molar-refractivity contribution is 7.10. The van der Waals surface area contributed by atoms with Gasteiger partial charge in [-0.2, -0.15) is 0 Å². The van der Waals surface area contributed by atoms with Crippen molar-refractivity contribution in [1.82, 2.24) is 4.90 Å². The van der Waals surface area contributed by atoms with E-state index in [-0.39, 0.29) is 17.9 Å². The van der Waals surface area contributed by atoms with Gasteiger partial charge in [-0.3, -0.25) is 9.59 Å². The molecule has 1 aliphatic rings. The van der Waals surface area contributed by atoms with E-state index in [1.165, 1.54) is 41.5 Å². The second kappa shape index (κ2) is 8.62. The summed E-state index contributed by atoms with van der Waals surface area (Å²) in [7, 11) is 1.46. The van der Waals surface area contributed by atoms with E-state index in [1.807, 2.05) is 5.38 Å². The summed E-state index contributed by atoms with van der Waals surface area (Å²) in [5, 5.41) is 13.6. The maximum absolute atomic E-state index is 13.6. The number of ether oxygens (including phenoxy) is 1. The summed E-state index contributed by atoms with van der Waals surface area (Å²) in [6.45, 7) is 0.0755. The molecule has 0 saturated carbocycles. The quantitative estimate of drug-likeness (QED) is 0.327. The van der Waals surface area contributed by atoms with Gasteiger partial charge in [0.2, 0.25) is 5.78 Å². The number of aliphatic hydroxyl groups excluding tert-OH is 1. The number of rotatable bonds is 6. The van der Waals surface area contributed by atoms with Crippen molar-refractivity contribution in [3.8, 4) is 5.75 Å². The molecule has 1 amide bonds. The van der Waals surface area contributed by atoms with Crippen LogP contribution in [0.1, 0.15) is 27.0 Å². The number of ketones is 1. The first-order valence-corrected chi connectivity index (χ1v) is 11.5. The molecule has 3 heterocycles. The first-order chi connectivity index (χ1) is 16.4. The van der Waals surface area contributed by atoms with Gasteiger partial charge in [-0.1, -0.05) is 29.8 Å². The van der Waals surface area contributed by atoms with Crippen LogP contribution in [0.5, 0.6) is 5.75 Å². The van der Waals surface area contributed by atoms with Crippen molar-refractivity contribution in [2.45, 2.75) is 12.6 Å². The van der Waals surface area contributed by atoms with Crippen molar-refractivity contribution in [1.29, 1.82) is 0 Å². The molecule has 0 spiro atoms. The van der Waals surface area contributed by atoms with Gasteiger partial charge in [-0.25, -0.2) is 4.39 Å². The minimum atomic E-state index is -0.830. The van der Waals surface area contributed by atoms with Crippen molar-refractivity contribution >= 4 is 45.6 Å². The molecule has 1 atom stereocenters. The fourth-order valence-electron chi connectivity index (χ4n) is 4.06. The Labute approximate surface area is 202 Å². The van der Waals surface area contributed by atoms with Crippen LogP contribution < -0.4 is 4.74 Å². The van der Waals surface area contributed by atoms with E-state index in [1.54, 1.807) is 36.4 Å². The van der Waals surface area contributed by atoms with Gasteiger partial charge < -0.3 is 19.2 Å². The molecule has 0 fully saturated rings. The van der Waals surface area contributed by atoms with E-state index in [4.69, 9.17) is 20.8 Å². The number of methoxy groups -OCH3 is 1. The normalized spacial score (nSPS) is 16.0. The number of carbonyl (C=O) groups excluding carboxylic acids is 2. The molecule has 2 aromatic carbocycles. The minimum absolute atomic E-state index is 0.0601. The number of Topliss-reactive ketones (excluding diaryl/α,β-unsaturated/α-hetero) is 1. The Morgan fingerprint density at radius 1 is 1.24 bits per heavy atom. The first kappa shape index (κ1) is 22.2. The summed E-state index contributed by atoms with van der Waals surface area (Å²) in [5.74, 6) is -2.06. The largest absolute Gasteiger partial charge is 0.503 e. The molecule has 172 valence electrons. The van der Waals surface area contributed by atoms with Gasteiger partial charge in [0.1, 0.15) is 11.9 Å². The smallest absolute Gasteiger partial charge is 0.290 e. The second-order valence-corrected chi connectivity index (χ2v) is 9.12. The van der Waals surface area contributed by atoms with E-state index in [0.717, 1.165) is 0 Å². The zero-order valence-electron chi connectivity index (χ0n) is 17.7. The number of halogens is 2. The number of furan rings is 1. The lowest BCUT2D eigenvalue weighted by Crippen LogP contribution is -2.30. The van der Waals surface area contributed by atoms with Gasteiger partial charge in [0.25, 0.3) is 5.91 Å². The summed E-state index contributed by atoms with van der Waals surface area (Å²) < 4.78 is 24.4. The standard InChI is InChI=1S/C25H17ClFNO5S/c1-32-18-11-15(26)9-14-10-17(33-24(14)18)22(29)20-21(19-3-2-8-34-19)28(25(31)23(20)30)12-13-4-6-16(27)7-5-13/h2-11,21,30H,12H2,1H3. The van der Waals surface area contributed by atoms with Gasteiger partial charge >= 0.3 is 0 Å². The van der Waals surface area contributed by atoms with E-state index < -0.39 is 29.3 Å². The molecule has 1 N–H and O–H groups in total. The summed E-state index contributed by atoms with van der Waals surface area (Å²) in [6.07, 6.45) is 0. The fraction of sp³-hybridized carbons (Fsp3) is 0.120. The monoisotopic (exact) mass is 497 g/mol. The lowest BCUT2D eigenvalue weighted by Gasteiger charge is -2.25. The molecule has 2 aromatic heterocycles. The lowest BCUT2D eigenvalue weighted by atomic mass is 10.00. The van der Waals surface area contributed by atoms with Crippen LogP contribution in [0.25, 0.3) is 11.0 Å². The predicted octanol–water partition coefficient (Wildman–Crippen LogP) is 6.07. The van der Waals surface area contributed by atoms with Crippen LogP contribution in [0.3, 0.4) is 0 Å². The molecular formula is C25H17ClFNO5S. The van der Waals surface area contributed by atoms with E-state index in [9.17, 15) is 19.1 Å². The van der Waals surface area contributed by atoms with Crippen molar-refractivity contribution in [2.75, 3.05) is 7.11 Å². The van der Waals surface area contributed by atoms with Gasteiger partial charge in [0.05, 0.1) is 12.7 Å². The molecule has 4 aromatic rings. The van der Waals surface area contributed by atoms with Crippen molar-refractivity contribution < 1.29 is 28.2 Å².